The van der Waals surface area contributed by atoms with E-state index in [-0.39, 0.29) is 0 Å². The van der Waals surface area contributed by atoms with Gasteiger partial charge in [-0.2, -0.15) is 0 Å². The number of benzene rings is 1. The third-order valence-corrected chi connectivity index (χ3v) is 2.86. The Morgan fingerprint density at radius 1 is 1.18 bits per heavy atom. The predicted octanol–water partition coefficient (Wildman–Crippen LogP) is 2.34. The van der Waals surface area contributed by atoms with Crippen LogP contribution < -0.4 is 9.47 Å². The maximum Gasteiger partial charge on any atom is 0.331 e. The fraction of sp³-hybridized carbons (Fsp3) is 0.308. The van der Waals surface area contributed by atoms with Crippen molar-refractivity contribution in [3.8, 4) is 11.5 Å². The van der Waals surface area contributed by atoms with Gasteiger partial charge in [-0.3, -0.25) is 0 Å². The number of allylic oxidation sites excluding steroid dienone is 1. The number of fused-ring (bicyclic) bond motifs is 1. The van der Waals surface area contributed by atoms with Crippen LogP contribution >= 0.6 is 0 Å². The van der Waals surface area contributed by atoms with Crippen LogP contribution in [0, 0.1) is 0 Å². The summed E-state index contributed by atoms with van der Waals surface area (Å²) < 4.78 is 10.9. The van der Waals surface area contributed by atoms with Gasteiger partial charge in [0.2, 0.25) is 0 Å². The Morgan fingerprint density at radius 3 is 2.47 bits per heavy atom. The largest absolute Gasteiger partial charge is 0.486 e. The molecule has 1 aromatic carbocycles. The van der Waals surface area contributed by atoms with E-state index in [4.69, 9.17) is 14.6 Å². The summed E-state index contributed by atoms with van der Waals surface area (Å²) in [4.78, 5) is 10.9. The summed E-state index contributed by atoms with van der Waals surface area (Å²) in [5, 5.41) is 8.94. The molecule has 0 aromatic heterocycles. The normalized spacial score (nSPS) is 15.2. The molecule has 0 amide bonds. The van der Waals surface area contributed by atoms with E-state index < -0.39 is 5.97 Å². The number of carboxylic acid groups (broad SMARTS) is 1. The van der Waals surface area contributed by atoms with Crippen LogP contribution in [0.4, 0.5) is 0 Å². The van der Waals surface area contributed by atoms with Gasteiger partial charge in [0.15, 0.2) is 11.5 Å². The molecule has 1 aliphatic rings. The van der Waals surface area contributed by atoms with Crippen molar-refractivity contribution in [3.63, 3.8) is 0 Å². The van der Waals surface area contributed by atoms with Gasteiger partial charge in [0, 0.05) is 5.57 Å². The minimum Gasteiger partial charge on any atom is -0.486 e. The second-order valence-corrected chi connectivity index (χ2v) is 3.91. The third kappa shape index (κ3) is 2.25. The van der Waals surface area contributed by atoms with Gasteiger partial charge < -0.3 is 14.6 Å². The van der Waals surface area contributed by atoms with E-state index >= 15 is 0 Å². The van der Waals surface area contributed by atoms with Crippen LogP contribution in [0.25, 0.3) is 5.57 Å². The lowest BCUT2D eigenvalue weighted by Gasteiger charge is -2.19. The molecule has 0 unspecified atom stereocenters. The van der Waals surface area contributed by atoms with Gasteiger partial charge in [-0.05, 0) is 37.1 Å². The first-order chi connectivity index (χ1) is 8.09. The Morgan fingerprint density at radius 2 is 1.82 bits per heavy atom. The first kappa shape index (κ1) is 11.5. The minimum absolute atomic E-state index is 0.335. The number of rotatable bonds is 2. The molecule has 0 bridgehead atoms. The molecule has 0 saturated heterocycles. The van der Waals surface area contributed by atoms with Gasteiger partial charge in [0.25, 0.3) is 0 Å². The zero-order valence-electron chi connectivity index (χ0n) is 9.82. The molecule has 1 aliphatic heterocycles. The van der Waals surface area contributed by atoms with E-state index in [0.717, 1.165) is 11.1 Å². The van der Waals surface area contributed by atoms with Gasteiger partial charge in [-0.25, -0.2) is 4.79 Å². The van der Waals surface area contributed by atoms with E-state index in [1.54, 1.807) is 13.8 Å². The number of carbonyl (C=O) groups is 1. The maximum absolute atomic E-state index is 10.9. The SMILES string of the molecule is CC(C(=O)O)=C(C)c1ccc2c(c1)OCCO2. The van der Waals surface area contributed by atoms with E-state index in [1.807, 2.05) is 18.2 Å². The van der Waals surface area contributed by atoms with E-state index in [1.165, 1.54) is 0 Å². The summed E-state index contributed by atoms with van der Waals surface area (Å²) in [6.45, 7) is 4.45. The topological polar surface area (TPSA) is 55.8 Å². The quantitative estimate of drug-likeness (QED) is 0.798. The highest BCUT2D eigenvalue weighted by Gasteiger charge is 2.14. The van der Waals surface area contributed by atoms with E-state index in [2.05, 4.69) is 0 Å². The second-order valence-electron chi connectivity index (χ2n) is 3.91. The average molecular weight is 234 g/mol. The molecule has 1 N–H and O–H groups in total. The summed E-state index contributed by atoms with van der Waals surface area (Å²) in [6.07, 6.45) is 0. The van der Waals surface area contributed by atoms with Crippen LogP contribution in [0.1, 0.15) is 19.4 Å². The zero-order valence-corrected chi connectivity index (χ0v) is 9.82. The van der Waals surface area contributed by atoms with Crippen molar-refractivity contribution in [2.45, 2.75) is 13.8 Å². The molecule has 2 rings (SSSR count). The Labute approximate surface area is 99.5 Å². The molecule has 0 spiro atoms. The van der Waals surface area contributed by atoms with Gasteiger partial charge in [0.05, 0.1) is 0 Å². The molecule has 0 aliphatic carbocycles. The standard InChI is InChI=1S/C13H14O4/c1-8(9(2)13(14)15)10-3-4-11-12(7-10)17-6-5-16-11/h3-4,7H,5-6H2,1-2H3,(H,14,15). The third-order valence-electron chi connectivity index (χ3n) is 2.86. The predicted molar refractivity (Wildman–Crippen MR) is 63.3 cm³/mol. The Bertz CT molecular complexity index is 488. The minimum atomic E-state index is -0.905. The van der Waals surface area contributed by atoms with Gasteiger partial charge in [-0.15, -0.1) is 0 Å². The molecular formula is C13H14O4. The summed E-state index contributed by atoms with van der Waals surface area (Å²) in [6, 6.07) is 5.47. The van der Waals surface area contributed by atoms with E-state index in [9.17, 15) is 4.79 Å². The monoisotopic (exact) mass is 234 g/mol. The van der Waals surface area contributed by atoms with Crippen molar-refractivity contribution in [2.75, 3.05) is 13.2 Å². The van der Waals surface area contributed by atoms with Crippen LogP contribution in [0.2, 0.25) is 0 Å². The fourth-order valence-electron chi connectivity index (χ4n) is 1.65. The number of hydrogen-bond acceptors (Lipinski definition) is 3. The fourth-order valence-corrected chi connectivity index (χ4v) is 1.65. The molecule has 0 radical (unpaired) electrons. The van der Waals surface area contributed by atoms with Crippen molar-refractivity contribution in [2.24, 2.45) is 0 Å². The Hall–Kier alpha value is -1.97. The lowest BCUT2D eigenvalue weighted by Crippen LogP contribution is -2.15. The zero-order chi connectivity index (χ0) is 12.4. The number of aliphatic carboxylic acids is 1. The Kier molecular flexibility index (Phi) is 3.04. The van der Waals surface area contributed by atoms with Crippen LogP contribution in [-0.2, 0) is 4.79 Å². The summed E-state index contributed by atoms with van der Waals surface area (Å²) >= 11 is 0. The lowest BCUT2D eigenvalue weighted by molar-refractivity contribution is -0.132. The van der Waals surface area contributed by atoms with Gasteiger partial charge in [0.1, 0.15) is 13.2 Å². The van der Waals surface area contributed by atoms with Crippen molar-refractivity contribution < 1.29 is 19.4 Å². The first-order valence-corrected chi connectivity index (χ1v) is 5.40. The summed E-state index contributed by atoms with van der Waals surface area (Å²) in [7, 11) is 0. The molecule has 1 heterocycles. The van der Waals surface area contributed by atoms with Crippen LogP contribution in [0.15, 0.2) is 23.8 Å². The highest BCUT2D eigenvalue weighted by atomic mass is 16.6. The van der Waals surface area contributed by atoms with Crippen molar-refractivity contribution in [1.29, 1.82) is 0 Å². The second kappa shape index (κ2) is 4.49. The molecule has 17 heavy (non-hydrogen) atoms. The highest BCUT2D eigenvalue weighted by molar-refractivity contribution is 5.95. The number of ether oxygens (including phenoxy) is 2. The van der Waals surface area contributed by atoms with Crippen LogP contribution in [0.5, 0.6) is 11.5 Å². The smallest absolute Gasteiger partial charge is 0.331 e. The molecule has 4 nitrogen and oxygen atoms in total. The average Bonchev–Trinajstić information content (AvgIpc) is 2.36. The summed E-state index contributed by atoms with van der Waals surface area (Å²) in [5.41, 5.74) is 1.91. The molecule has 0 saturated carbocycles. The number of hydrogen-bond donors (Lipinski definition) is 1. The van der Waals surface area contributed by atoms with Crippen molar-refractivity contribution in [3.05, 3.63) is 29.3 Å². The number of carboxylic acids is 1. The van der Waals surface area contributed by atoms with E-state index in [0.29, 0.717) is 30.3 Å². The molecule has 4 heteroatoms. The maximum atomic E-state index is 10.9. The van der Waals surface area contributed by atoms with Crippen LogP contribution in [-0.4, -0.2) is 24.3 Å². The van der Waals surface area contributed by atoms with Gasteiger partial charge in [-0.1, -0.05) is 6.07 Å². The Balaban J connectivity index is 2.41. The molecule has 0 atom stereocenters. The highest BCUT2D eigenvalue weighted by Crippen LogP contribution is 2.33. The molecule has 1 aromatic rings. The van der Waals surface area contributed by atoms with Crippen LogP contribution in [0.3, 0.4) is 0 Å². The van der Waals surface area contributed by atoms with Crippen molar-refractivity contribution >= 4 is 11.5 Å². The molecule has 0 fully saturated rings. The lowest BCUT2D eigenvalue weighted by atomic mass is 10.0. The van der Waals surface area contributed by atoms with Crippen molar-refractivity contribution in [1.82, 2.24) is 0 Å². The molecule has 90 valence electrons. The summed E-state index contributed by atoms with van der Waals surface area (Å²) in [5.74, 6) is 0.476. The molecular weight excluding hydrogens is 220 g/mol. The van der Waals surface area contributed by atoms with Gasteiger partial charge >= 0.3 is 5.97 Å². The first-order valence-electron chi connectivity index (χ1n) is 5.40.